The molecule has 4 heteroatoms. The molecule has 0 aliphatic rings. The lowest BCUT2D eigenvalue weighted by Crippen LogP contribution is -1.97. The molecule has 106 valence electrons. The van der Waals surface area contributed by atoms with Crippen LogP contribution in [-0.2, 0) is 6.42 Å². The van der Waals surface area contributed by atoms with Gasteiger partial charge in [0.1, 0.15) is 12.2 Å². The molecular weight excluding hydrogens is 272 g/mol. The molecular formula is C18H14N4. The number of para-hydroxylation sites is 1. The summed E-state index contributed by atoms with van der Waals surface area (Å²) in [5, 5.41) is 2.15. The Morgan fingerprint density at radius 2 is 1.82 bits per heavy atom. The van der Waals surface area contributed by atoms with Crippen molar-refractivity contribution in [1.29, 1.82) is 0 Å². The highest BCUT2D eigenvalue weighted by molar-refractivity contribution is 5.81. The zero-order valence-corrected chi connectivity index (χ0v) is 12.2. The summed E-state index contributed by atoms with van der Waals surface area (Å²) in [4.78, 5) is 17.6. The van der Waals surface area contributed by atoms with Crippen molar-refractivity contribution in [3.63, 3.8) is 0 Å². The number of hydrogen-bond donors (Lipinski definition) is 0. The first-order valence-electron chi connectivity index (χ1n) is 7.20. The minimum absolute atomic E-state index is 0.703. The summed E-state index contributed by atoms with van der Waals surface area (Å²) in [6.45, 7) is 2.00. The second-order valence-electron chi connectivity index (χ2n) is 5.33. The van der Waals surface area contributed by atoms with Gasteiger partial charge in [-0.15, -0.1) is 0 Å². The third-order valence-electron chi connectivity index (χ3n) is 3.80. The minimum Gasteiger partial charge on any atom is -0.241 e. The molecule has 0 unspecified atom stereocenters. The van der Waals surface area contributed by atoms with Gasteiger partial charge in [-0.25, -0.2) is 19.9 Å². The van der Waals surface area contributed by atoms with E-state index >= 15 is 0 Å². The summed E-state index contributed by atoms with van der Waals surface area (Å²) in [5.74, 6) is 0.826. The van der Waals surface area contributed by atoms with E-state index in [1.807, 2.05) is 43.5 Å². The van der Waals surface area contributed by atoms with Gasteiger partial charge in [0.2, 0.25) is 0 Å². The summed E-state index contributed by atoms with van der Waals surface area (Å²) in [7, 11) is 0. The summed E-state index contributed by atoms with van der Waals surface area (Å²) < 4.78 is 0. The van der Waals surface area contributed by atoms with Gasteiger partial charge < -0.3 is 0 Å². The van der Waals surface area contributed by atoms with Gasteiger partial charge >= 0.3 is 0 Å². The van der Waals surface area contributed by atoms with E-state index in [1.54, 1.807) is 6.33 Å². The van der Waals surface area contributed by atoms with E-state index < -0.39 is 0 Å². The van der Waals surface area contributed by atoms with Crippen LogP contribution < -0.4 is 0 Å². The Labute approximate surface area is 127 Å². The van der Waals surface area contributed by atoms with Gasteiger partial charge in [0, 0.05) is 29.1 Å². The highest BCUT2D eigenvalue weighted by atomic mass is 14.9. The van der Waals surface area contributed by atoms with Gasteiger partial charge in [-0.05, 0) is 30.7 Å². The lowest BCUT2D eigenvalue weighted by Gasteiger charge is -2.05. The summed E-state index contributed by atoms with van der Waals surface area (Å²) in [5.41, 5.74) is 4.11. The predicted molar refractivity (Wildman–Crippen MR) is 86.6 cm³/mol. The molecule has 4 rings (SSSR count). The molecule has 2 aromatic carbocycles. The molecule has 0 spiro atoms. The van der Waals surface area contributed by atoms with Crippen molar-refractivity contribution in [3.05, 3.63) is 72.1 Å². The molecule has 0 bridgehead atoms. The molecule has 0 radical (unpaired) electrons. The number of benzene rings is 2. The topological polar surface area (TPSA) is 51.6 Å². The van der Waals surface area contributed by atoms with Gasteiger partial charge in [0.05, 0.1) is 11.0 Å². The monoisotopic (exact) mass is 286 g/mol. The SMILES string of the molecule is Cc1ncnc2ccc(Cc3ncc4ccccc4n3)cc12. The van der Waals surface area contributed by atoms with Crippen LogP contribution in [0.5, 0.6) is 0 Å². The quantitative estimate of drug-likeness (QED) is 0.566. The van der Waals surface area contributed by atoms with E-state index in [2.05, 4.69) is 32.1 Å². The van der Waals surface area contributed by atoms with E-state index in [0.29, 0.717) is 6.42 Å². The molecule has 0 saturated heterocycles. The number of aromatic nitrogens is 4. The van der Waals surface area contributed by atoms with Crippen molar-refractivity contribution >= 4 is 21.8 Å². The zero-order valence-electron chi connectivity index (χ0n) is 12.2. The van der Waals surface area contributed by atoms with E-state index in [-0.39, 0.29) is 0 Å². The van der Waals surface area contributed by atoms with Crippen molar-refractivity contribution in [2.75, 3.05) is 0 Å². The van der Waals surface area contributed by atoms with Crippen LogP contribution >= 0.6 is 0 Å². The van der Waals surface area contributed by atoms with Gasteiger partial charge in [0.15, 0.2) is 0 Å². The maximum absolute atomic E-state index is 4.63. The summed E-state index contributed by atoms with van der Waals surface area (Å²) in [6.07, 6.45) is 4.19. The number of fused-ring (bicyclic) bond motifs is 2. The second-order valence-corrected chi connectivity index (χ2v) is 5.33. The maximum atomic E-state index is 4.63. The van der Waals surface area contributed by atoms with Crippen molar-refractivity contribution < 1.29 is 0 Å². The third kappa shape index (κ3) is 2.29. The Hall–Kier alpha value is -2.88. The maximum Gasteiger partial charge on any atom is 0.133 e. The van der Waals surface area contributed by atoms with Gasteiger partial charge in [-0.3, -0.25) is 0 Å². The molecule has 0 atom stereocenters. The molecule has 22 heavy (non-hydrogen) atoms. The average Bonchev–Trinajstić information content (AvgIpc) is 2.56. The van der Waals surface area contributed by atoms with Crippen molar-refractivity contribution in [1.82, 2.24) is 19.9 Å². The first kappa shape index (κ1) is 12.8. The zero-order chi connectivity index (χ0) is 14.9. The Kier molecular flexibility index (Phi) is 3.00. The largest absolute Gasteiger partial charge is 0.241 e. The molecule has 2 aromatic heterocycles. The van der Waals surface area contributed by atoms with Gasteiger partial charge in [0.25, 0.3) is 0 Å². The first-order valence-corrected chi connectivity index (χ1v) is 7.20. The minimum atomic E-state index is 0.703. The highest BCUT2D eigenvalue weighted by Crippen LogP contribution is 2.18. The molecule has 4 aromatic rings. The van der Waals surface area contributed by atoms with Crippen LogP contribution in [-0.4, -0.2) is 19.9 Å². The fraction of sp³-hybridized carbons (Fsp3) is 0.111. The predicted octanol–water partition coefficient (Wildman–Crippen LogP) is 3.47. The van der Waals surface area contributed by atoms with Gasteiger partial charge in [-0.1, -0.05) is 24.3 Å². The Morgan fingerprint density at radius 1 is 0.909 bits per heavy atom. The third-order valence-corrected chi connectivity index (χ3v) is 3.80. The highest BCUT2D eigenvalue weighted by Gasteiger charge is 2.05. The molecule has 0 saturated carbocycles. The van der Waals surface area contributed by atoms with Crippen molar-refractivity contribution in [2.24, 2.45) is 0 Å². The lowest BCUT2D eigenvalue weighted by molar-refractivity contribution is 0.993. The number of nitrogens with zero attached hydrogens (tertiary/aromatic N) is 4. The number of aryl methyl sites for hydroxylation is 1. The molecule has 0 aliphatic carbocycles. The van der Waals surface area contributed by atoms with E-state index in [9.17, 15) is 0 Å². The van der Waals surface area contributed by atoms with Crippen molar-refractivity contribution in [2.45, 2.75) is 13.3 Å². The lowest BCUT2D eigenvalue weighted by atomic mass is 10.1. The molecule has 2 heterocycles. The van der Waals surface area contributed by atoms with Crippen LogP contribution in [0.3, 0.4) is 0 Å². The normalized spacial score (nSPS) is 11.1. The smallest absolute Gasteiger partial charge is 0.133 e. The molecule has 0 fully saturated rings. The average molecular weight is 286 g/mol. The Bertz CT molecular complexity index is 979. The molecule has 0 amide bonds. The number of rotatable bonds is 2. The standard InChI is InChI=1S/C18H14N4/c1-12-15-8-13(6-7-17(15)21-11-20-12)9-18-19-10-14-4-2-3-5-16(14)22-18/h2-8,10-11H,9H2,1H3. The van der Waals surface area contributed by atoms with Crippen LogP contribution in [0.2, 0.25) is 0 Å². The van der Waals surface area contributed by atoms with E-state index in [0.717, 1.165) is 33.3 Å². The van der Waals surface area contributed by atoms with E-state index in [1.165, 1.54) is 5.56 Å². The fourth-order valence-corrected chi connectivity index (χ4v) is 2.62. The molecule has 0 aliphatic heterocycles. The first-order chi connectivity index (χ1) is 10.8. The summed E-state index contributed by atoms with van der Waals surface area (Å²) >= 11 is 0. The van der Waals surface area contributed by atoms with Crippen molar-refractivity contribution in [3.8, 4) is 0 Å². The van der Waals surface area contributed by atoms with Crippen LogP contribution in [0.4, 0.5) is 0 Å². The van der Waals surface area contributed by atoms with Crippen LogP contribution in [0, 0.1) is 6.92 Å². The summed E-state index contributed by atoms with van der Waals surface area (Å²) in [6, 6.07) is 14.3. The Balaban J connectivity index is 1.73. The second kappa shape index (κ2) is 5.15. The van der Waals surface area contributed by atoms with Crippen LogP contribution in [0.25, 0.3) is 21.8 Å². The molecule has 0 N–H and O–H groups in total. The number of hydrogen-bond acceptors (Lipinski definition) is 4. The molecule has 4 nitrogen and oxygen atoms in total. The van der Waals surface area contributed by atoms with Crippen LogP contribution in [0.1, 0.15) is 17.1 Å². The fourth-order valence-electron chi connectivity index (χ4n) is 2.62. The van der Waals surface area contributed by atoms with Gasteiger partial charge in [-0.2, -0.15) is 0 Å². The Morgan fingerprint density at radius 3 is 2.77 bits per heavy atom. The van der Waals surface area contributed by atoms with E-state index in [4.69, 9.17) is 0 Å². The van der Waals surface area contributed by atoms with Crippen LogP contribution in [0.15, 0.2) is 55.0 Å².